The molecule has 1 rings (SSSR count). The van der Waals surface area contributed by atoms with E-state index in [1.54, 1.807) is 7.05 Å². The van der Waals surface area contributed by atoms with Crippen molar-refractivity contribution < 1.29 is 8.42 Å². The highest BCUT2D eigenvalue weighted by atomic mass is 32.2. The van der Waals surface area contributed by atoms with Gasteiger partial charge in [0.25, 0.3) is 0 Å². The zero-order valence-corrected chi connectivity index (χ0v) is 12.1. The summed E-state index contributed by atoms with van der Waals surface area (Å²) in [5.74, 6) is 0.123. The van der Waals surface area contributed by atoms with Crippen molar-refractivity contribution in [3.63, 3.8) is 0 Å². The largest absolute Gasteiger partial charge is 0.316 e. The van der Waals surface area contributed by atoms with E-state index in [1.807, 2.05) is 31.2 Å². The lowest BCUT2D eigenvalue weighted by atomic mass is 10.2. The van der Waals surface area contributed by atoms with E-state index in [9.17, 15) is 8.42 Å². The molecule has 0 saturated carbocycles. The smallest absolute Gasteiger partial charge is 0.236 e. The first kappa shape index (κ1) is 15.0. The molecule has 0 spiro atoms. The normalized spacial score (nSPS) is 11.5. The first-order chi connectivity index (χ1) is 8.49. The van der Waals surface area contributed by atoms with Gasteiger partial charge in [0.1, 0.15) is 0 Å². The number of hydrogen-bond acceptors (Lipinski definition) is 3. The number of aryl methyl sites for hydroxylation is 1. The lowest BCUT2D eigenvalue weighted by Crippen LogP contribution is -2.34. The lowest BCUT2D eigenvalue weighted by molar-refractivity contribution is 0.588. The van der Waals surface area contributed by atoms with E-state index in [2.05, 4.69) is 12.2 Å². The highest BCUT2D eigenvalue weighted by Crippen LogP contribution is 2.20. The molecule has 0 atom stereocenters. The maximum absolute atomic E-state index is 12.1. The molecule has 0 unspecified atom stereocenters. The molecule has 0 aliphatic heterocycles. The van der Waals surface area contributed by atoms with Crippen LogP contribution >= 0.6 is 0 Å². The monoisotopic (exact) mass is 270 g/mol. The number of nitrogens with zero attached hydrogens (tertiary/aromatic N) is 1. The van der Waals surface area contributed by atoms with Gasteiger partial charge < -0.3 is 5.32 Å². The molecule has 5 heteroatoms. The summed E-state index contributed by atoms with van der Waals surface area (Å²) in [7, 11) is -1.64. The molecule has 0 aliphatic carbocycles. The number of sulfonamides is 1. The van der Waals surface area contributed by atoms with Gasteiger partial charge in [-0.25, -0.2) is 8.42 Å². The minimum absolute atomic E-state index is 0.123. The summed E-state index contributed by atoms with van der Waals surface area (Å²) in [5, 5.41) is 3.11. The predicted molar refractivity (Wildman–Crippen MR) is 76.5 cm³/mol. The minimum atomic E-state index is -3.25. The average molecular weight is 270 g/mol. The number of nitrogens with one attached hydrogen (secondary N) is 1. The van der Waals surface area contributed by atoms with E-state index in [1.165, 1.54) is 4.31 Å². The number of benzene rings is 1. The summed E-state index contributed by atoms with van der Waals surface area (Å²) in [6, 6.07) is 7.49. The lowest BCUT2D eigenvalue weighted by Gasteiger charge is -2.21. The summed E-state index contributed by atoms with van der Waals surface area (Å²) >= 11 is 0. The van der Waals surface area contributed by atoms with Crippen molar-refractivity contribution >= 4 is 15.7 Å². The average Bonchev–Trinajstić information content (AvgIpc) is 2.34. The van der Waals surface area contributed by atoms with Crippen LogP contribution in [-0.2, 0) is 10.0 Å². The Labute approximate surface area is 110 Å². The Morgan fingerprint density at radius 3 is 2.50 bits per heavy atom. The van der Waals surface area contributed by atoms with Crippen LogP contribution in [0.1, 0.15) is 18.9 Å². The van der Waals surface area contributed by atoms with Crippen LogP contribution in [0.25, 0.3) is 0 Å². The third-order valence-electron chi connectivity index (χ3n) is 2.84. The predicted octanol–water partition coefficient (Wildman–Crippen LogP) is 1.76. The fourth-order valence-electron chi connectivity index (χ4n) is 1.71. The summed E-state index contributed by atoms with van der Waals surface area (Å²) in [6.45, 7) is 5.31. The van der Waals surface area contributed by atoms with Gasteiger partial charge in [-0.05, 0) is 31.5 Å². The van der Waals surface area contributed by atoms with Crippen molar-refractivity contribution in [3.8, 4) is 0 Å². The zero-order chi connectivity index (χ0) is 13.6. The van der Waals surface area contributed by atoms with Gasteiger partial charge in [0, 0.05) is 13.6 Å². The van der Waals surface area contributed by atoms with Crippen LogP contribution in [0.4, 0.5) is 5.69 Å². The van der Waals surface area contributed by atoms with Crippen molar-refractivity contribution in [1.82, 2.24) is 5.32 Å². The van der Waals surface area contributed by atoms with Gasteiger partial charge >= 0.3 is 0 Å². The van der Waals surface area contributed by atoms with Crippen LogP contribution in [-0.4, -0.2) is 34.3 Å². The highest BCUT2D eigenvalue weighted by Gasteiger charge is 2.18. The van der Waals surface area contributed by atoms with Gasteiger partial charge in [-0.15, -0.1) is 0 Å². The fraction of sp³-hybridized carbons (Fsp3) is 0.538. The van der Waals surface area contributed by atoms with Crippen molar-refractivity contribution in [3.05, 3.63) is 29.8 Å². The molecule has 0 bridgehead atoms. The maximum atomic E-state index is 12.1. The van der Waals surface area contributed by atoms with Crippen molar-refractivity contribution in [2.24, 2.45) is 0 Å². The van der Waals surface area contributed by atoms with Crippen molar-refractivity contribution in [2.45, 2.75) is 20.3 Å². The summed E-state index contributed by atoms with van der Waals surface area (Å²) < 4.78 is 25.6. The number of hydrogen-bond donors (Lipinski definition) is 1. The highest BCUT2D eigenvalue weighted by molar-refractivity contribution is 7.92. The maximum Gasteiger partial charge on any atom is 0.236 e. The standard InChI is InChI=1S/C13H22N2O2S/c1-4-9-14-10-11-18(16,17)15(3)13-8-6-5-7-12(13)2/h5-8,14H,4,9-11H2,1-3H3. The van der Waals surface area contributed by atoms with E-state index in [0.717, 1.165) is 24.2 Å². The van der Waals surface area contributed by atoms with E-state index in [0.29, 0.717) is 6.54 Å². The molecule has 1 aromatic rings. The molecule has 1 aromatic carbocycles. The number of rotatable bonds is 7. The quantitative estimate of drug-likeness (QED) is 0.768. The van der Waals surface area contributed by atoms with Crippen LogP contribution in [0.2, 0.25) is 0 Å². The number of anilines is 1. The topological polar surface area (TPSA) is 49.4 Å². The molecule has 102 valence electrons. The number of para-hydroxylation sites is 1. The Morgan fingerprint density at radius 1 is 1.22 bits per heavy atom. The Bertz CT molecular complexity index is 472. The van der Waals surface area contributed by atoms with Crippen LogP contribution < -0.4 is 9.62 Å². The Morgan fingerprint density at radius 2 is 1.89 bits per heavy atom. The van der Waals surface area contributed by atoms with Crippen LogP contribution in [0.5, 0.6) is 0 Å². The molecule has 4 nitrogen and oxygen atoms in total. The zero-order valence-electron chi connectivity index (χ0n) is 11.3. The van der Waals surface area contributed by atoms with Crippen LogP contribution in [0, 0.1) is 6.92 Å². The summed E-state index contributed by atoms with van der Waals surface area (Å²) in [4.78, 5) is 0. The molecule has 18 heavy (non-hydrogen) atoms. The molecule has 0 aromatic heterocycles. The minimum Gasteiger partial charge on any atom is -0.316 e. The third kappa shape index (κ3) is 3.99. The van der Waals surface area contributed by atoms with Gasteiger partial charge in [0.05, 0.1) is 11.4 Å². The second kappa shape index (κ2) is 6.75. The van der Waals surface area contributed by atoms with E-state index in [4.69, 9.17) is 0 Å². The van der Waals surface area contributed by atoms with Gasteiger partial charge in [0.15, 0.2) is 0 Å². The molecule has 0 saturated heterocycles. The first-order valence-corrected chi connectivity index (χ1v) is 7.83. The van der Waals surface area contributed by atoms with Gasteiger partial charge in [-0.3, -0.25) is 4.31 Å². The Hall–Kier alpha value is -1.07. The molecule has 0 heterocycles. The summed E-state index contributed by atoms with van der Waals surface area (Å²) in [5.41, 5.74) is 1.71. The SMILES string of the molecule is CCCNCCS(=O)(=O)N(C)c1ccccc1C. The van der Waals surface area contributed by atoms with Crippen LogP contribution in [0.15, 0.2) is 24.3 Å². The molecular weight excluding hydrogens is 248 g/mol. The second-order valence-electron chi connectivity index (χ2n) is 4.32. The Kier molecular flexibility index (Phi) is 5.62. The summed E-state index contributed by atoms with van der Waals surface area (Å²) in [6.07, 6.45) is 1.01. The fourth-order valence-corrected chi connectivity index (χ4v) is 2.89. The molecule has 1 N–H and O–H groups in total. The van der Waals surface area contributed by atoms with E-state index < -0.39 is 10.0 Å². The molecule has 0 amide bonds. The van der Waals surface area contributed by atoms with Gasteiger partial charge in [-0.1, -0.05) is 25.1 Å². The van der Waals surface area contributed by atoms with E-state index >= 15 is 0 Å². The first-order valence-electron chi connectivity index (χ1n) is 6.22. The van der Waals surface area contributed by atoms with Gasteiger partial charge in [0.2, 0.25) is 10.0 Å². The van der Waals surface area contributed by atoms with Crippen LogP contribution in [0.3, 0.4) is 0 Å². The Balaban J connectivity index is 2.70. The van der Waals surface area contributed by atoms with Crippen molar-refractivity contribution in [1.29, 1.82) is 0 Å². The van der Waals surface area contributed by atoms with Crippen molar-refractivity contribution in [2.75, 3.05) is 30.2 Å². The molecule has 0 fully saturated rings. The second-order valence-corrected chi connectivity index (χ2v) is 6.44. The van der Waals surface area contributed by atoms with E-state index in [-0.39, 0.29) is 5.75 Å². The third-order valence-corrected chi connectivity index (χ3v) is 4.59. The van der Waals surface area contributed by atoms with Gasteiger partial charge in [-0.2, -0.15) is 0 Å². The molecule has 0 aliphatic rings. The molecular formula is C13H22N2O2S. The molecule has 0 radical (unpaired) electrons.